The number of benzene rings is 1. The largest absolute Gasteiger partial charge is 0.497 e. The van der Waals surface area contributed by atoms with Crippen LogP contribution in [0.5, 0.6) is 5.75 Å². The smallest absolute Gasteiger partial charge is 0.191 e. The van der Waals surface area contributed by atoms with Crippen LogP contribution in [0.3, 0.4) is 0 Å². The predicted octanol–water partition coefficient (Wildman–Crippen LogP) is 2.88. The summed E-state index contributed by atoms with van der Waals surface area (Å²) >= 11 is 0. The Bertz CT molecular complexity index is 536. The normalized spacial score (nSPS) is 17.2. The lowest BCUT2D eigenvalue weighted by atomic mass is 10.1. The van der Waals surface area contributed by atoms with E-state index in [1.807, 2.05) is 18.2 Å². The van der Waals surface area contributed by atoms with Crippen LogP contribution in [-0.4, -0.2) is 45.8 Å². The van der Waals surface area contributed by atoms with Gasteiger partial charge < -0.3 is 20.3 Å². The summed E-state index contributed by atoms with van der Waals surface area (Å²) in [5.41, 5.74) is 1.23. The van der Waals surface area contributed by atoms with E-state index in [1.165, 1.54) is 12.1 Å². The van der Waals surface area contributed by atoms with Crippen LogP contribution in [-0.2, 0) is 0 Å². The highest BCUT2D eigenvalue weighted by Gasteiger charge is 2.22. The van der Waals surface area contributed by atoms with Gasteiger partial charge in [-0.25, -0.2) is 0 Å². The first-order chi connectivity index (χ1) is 11.3. The van der Waals surface area contributed by atoms with Crippen LogP contribution in [0, 0.1) is 5.92 Å². The van der Waals surface area contributed by atoms with Crippen molar-refractivity contribution in [2.75, 3.05) is 44.7 Å². The number of rotatable bonds is 7. The summed E-state index contributed by atoms with van der Waals surface area (Å²) in [5, 5.41) is 6.50. The Morgan fingerprint density at radius 2 is 2.29 bits per heavy atom. The van der Waals surface area contributed by atoms with Crippen LogP contribution in [0.15, 0.2) is 41.9 Å². The van der Waals surface area contributed by atoms with Crippen LogP contribution in [0.1, 0.15) is 13.3 Å². The summed E-state index contributed by atoms with van der Waals surface area (Å²) in [6.45, 7) is 10.3. The van der Waals surface area contributed by atoms with E-state index in [1.54, 1.807) is 7.11 Å². The Morgan fingerprint density at radius 3 is 3.00 bits per heavy atom. The molecule has 1 heterocycles. The second-order valence-corrected chi connectivity index (χ2v) is 5.69. The van der Waals surface area contributed by atoms with Crippen molar-refractivity contribution in [1.82, 2.24) is 10.6 Å². The van der Waals surface area contributed by atoms with Gasteiger partial charge in [0.05, 0.1) is 7.11 Å². The van der Waals surface area contributed by atoms with Crippen molar-refractivity contribution < 1.29 is 4.74 Å². The number of anilines is 1. The third-order valence-corrected chi connectivity index (χ3v) is 3.97. The highest BCUT2D eigenvalue weighted by molar-refractivity contribution is 14.0. The van der Waals surface area contributed by atoms with Gasteiger partial charge in [0.2, 0.25) is 0 Å². The minimum absolute atomic E-state index is 0. The number of hydrogen-bond acceptors (Lipinski definition) is 3. The molecule has 1 atom stereocenters. The van der Waals surface area contributed by atoms with Gasteiger partial charge in [0, 0.05) is 44.5 Å². The van der Waals surface area contributed by atoms with Gasteiger partial charge in [0.15, 0.2) is 5.96 Å². The zero-order valence-corrected chi connectivity index (χ0v) is 17.0. The molecule has 1 aromatic rings. The summed E-state index contributed by atoms with van der Waals surface area (Å²) in [5.74, 6) is 2.36. The first-order valence-electron chi connectivity index (χ1n) is 8.29. The molecule has 134 valence electrons. The summed E-state index contributed by atoms with van der Waals surface area (Å²) in [4.78, 5) is 7.10. The first-order valence-corrected chi connectivity index (χ1v) is 8.29. The maximum absolute atomic E-state index is 5.31. The summed E-state index contributed by atoms with van der Waals surface area (Å²) in [6, 6.07) is 8.27. The van der Waals surface area contributed by atoms with Gasteiger partial charge in [-0.05, 0) is 31.4 Å². The Hall–Kier alpha value is -1.44. The van der Waals surface area contributed by atoms with Crippen LogP contribution >= 0.6 is 24.0 Å². The fourth-order valence-electron chi connectivity index (χ4n) is 2.75. The monoisotopic (exact) mass is 444 g/mol. The standard InChI is InChI=1S/C18H28N4O.HI/c1-4-10-20-18(19-5-2)21-13-15-9-11-22(14-15)16-7-6-8-17(12-16)23-3;/h4,6-8,12,15H,1,5,9-11,13-14H2,2-3H3,(H2,19,20,21);1H. The molecule has 24 heavy (non-hydrogen) atoms. The highest BCUT2D eigenvalue weighted by Crippen LogP contribution is 2.26. The van der Waals surface area contributed by atoms with Crippen molar-refractivity contribution >= 4 is 35.6 Å². The molecular formula is C18H29IN4O. The van der Waals surface area contributed by atoms with Crippen LogP contribution in [0.4, 0.5) is 5.69 Å². The SMILES string of the molecule is C=CCNC(=NCC1CCN(c2cccc(OC)c2)C1)NCC.I. The first kappa shape index (κ1) is 20.6. The fraction of sp³-hybridized carbons (Fsp3) is 0.500. The molecule has 2 N–H and O–H groups in total. The molecule has 0 spiro atoms. The average Bonchev–Trinajstić information content (AvgIpc) is 3.06. The summed E-state index contributed by atoms with van der Waals surface area (Å²) < 4.78 is 5.31. The summed E-state index contributed by atoms with van der Waals surface area (Å²) in [7, 11) is 1.71. The topological polar surface area (TPSA) is 48.9 Å². The molecule has 1 aliphatic heterocycles. The lowest BCUT2D eigenvalue weighted by Crippen LogP contribution is -2.37. The van der Waals surface area contributed by atoms with Crippen molar-refractivity contribution in [3.63, 3.8) is 0 Å². The van der Waals surface area contributed by atoms with E-state index in [9.17, 15) is 0 Å². The lowest BCUT2D eigenvalue weighted by Gasteiger charge is -2.19. The number of nitrogens with one attached hydrogen (secondary N) is 2. The van der Waals surface area contributed by atoms with Gasteiger partial charge in [-0.1, -0.05) is 12.1 Å². The number of nitrogens with zero attached hydrogens (tertiary/aromatic N) is 2. The third kappa shape index (κ3) is 6.22. The van der Waals surface area contributed by atoms with Crippen LogP contribution in [0.25, 0.3) is 0 Å². The van der Waals surface area contributed by atoms with Gasteiger partial charge in [-0.2, -0.15) is 0 Å². The molecule has 6 heteroatoms. The second-order valence-electron chi connectivity index (χ2n) is 5.69. The zero-order valence-electron chi connectivity index (χ0n) is 14.6. The quantitative estimate of drug-likeness (QED) is 0.294. The lowest BCUT2D eigenvalue weighted by molar-refractivity contribution is 0.415. The van der Waals surface area contributed by atoms with Crippen molar-refractivity contribution in [1.29, 1.82) is 0 Å². The van der Waals surface area contributed by atoms with E-state index >= 15 is 0 Å². The second kappa shape index (κ2) is 11.2. The molecule has 0 aliphatic carbocycles. The molecule has 0 amide bonds. The fourth-order valence-corrected chi connectivity index (χ4v) is 2.75. The molecule has 1 saturated heterocycles. The zero-order chi connectivity index (χ0) is 16.5. The third-order valence-electron chi connectivity index (χ3n) is 3.97. The highest BCUT2D eigenvalue weighted by atomic mass is 127. The molecule has 1 fully saturated rings. The number of hydrogen-bond donors (Lipinski definition) is 2. The van der Waals surface area contributed by atoms with Gasteiger partial charge in [0.1, 0.15) is 5.75 Å². The molecule has 0 saturated carbocycles. The van der Waals surface area contributed by atoms with Crippen LogP contribution in [0.2, 0.25) is 0 Å². The Kier molecular flexibility index (Phi) is 9.59. The molecule has 2 rings (SSSR count). The van der Waals surface area contributed by atoms with E-state index in [-0.39, 0.29) is 24.0 Å². The van der Waals surface area contributed by atoms with Gasteiger partial charge >= 0.3 is 0 Å². The van der Waals surface area contributed by atoms with E-state index < -0.39 is 0 Å². The van der Waals surface area contributed by atoms with Gasteiger partial charge in [-0.15, -0.1) is 30.6 Å². The maximum Gasteiger partial charge on any atom is 0.191 e. The van der Waals surface area contributed by atoms with Gasteiger partial charge in [-0.3, -0.25) is 4.99 Å². The van der Waals surface area contributed by atoms with Gasteiger partial charge in [0.25, 0.3) is 0 Å². The molecule has 0 radical (unpaired) electrons. The Labute approximate surface area is 162 Å². The molecule has 0 bridgehead atoms. The van der Waals surface area contributed by atoms with Crippen molar-refractivity contribution in [2.24, 2.45) is 10.9 Å². The minimum Gasteiger partial charge on any atom is -0.497 e. The molecule has 1 aromatic carbocycles. The van der Waals surface area contributed by atoms with E-state index in [0.29, 0.717) is 5.92 Å². The molecule has 1 unspecified atom stereocenters. The van der Waals surface area contributed by atoms with E-state index in [2.05, 4.69) is 41.2 Å². The summed E-state index contributed by atoms with van der Waals surface area (Å²) in [6.07, 6.45) is 3.01. The number of methoxy groups -OCH3 is 1. The van der Waals surface area contributed by atoms with E-state index in [4.69, 9.17) is 9.73 Å². The number of ether oxygens (including phenoxy) is 1. The van der Waals surface area contributed by atoms with Crippen LogP contribution < -0.4 is 20.3 Å². The molecule has 1 aliphatic rings. The van der Waals surface area contributed by atoms with E-state index in [0.717, 1.165) is 44.4 Å². The molecular weight excluding hydrogens is 415 g/mol. The maximum atomic E-state index is 5.31. The minimum atomic E-state index is 0. The molecule has 5 nitrogen and oxygen atoms in total. The number of halogens is 1. The number of guanidine groups is 1. The molecule has 0 aromatic heterocycles. The average molecular weight is 444 g/mol. The predicted molar refractivity (Wildman–Crippen MR) is 113 cm³/mol. The van der Waals surface area contributed by atoms with Crippen molar-refractivity contribution in [3.8, 4) is 5.75 Å². The van der Waals surface area contributed by atoms with Crippen molar-refractivity contribution in [3.05, 3.63) is 36.9 Å². The Balaban J connectivity index is 0.00000288. The number of aliphatic imine (C=N–C) groups is 1. The van der Waals surface area contributed by atoms with Crippen molar-refractivity contribution in [2.45, 2.75) is 13.3 Å². The Morgan fingerprint density at radius 1 is 1.46 bits per heavy atom.